The van der Waals surface area contributed by atoms with Crippen LogP contribution >= 0.6 is 0 Å². The number of aryl methyl sites for hydroxylation is 2. The fraction of sp³-hybridized carbons (Fsp3) is 0.556. The van der Waals surface area contributed by atoms with Crippen LogP contribution in [0.1, 0.15) is 43.2 Å². The largest absolute Gasteiger partial charge is 0.493 e. The topological polar surface area (TPSA) is 72.6 Å². The van der Waals surface area contributed by atoms with Gasteiger partial charge in [0, 0.05) is 19.0 Å². The van der Waals surface area contributed by atoms with E-state index in [1.165, 1.54) is 11.1 Å². The number of ether oxygens (including phenoxy) is 1. The number of carbonyl (C=O) groups is 2. The lowest BCUT2D eigenvalue weighted by atomic mass is 9.98. The number of primary amides is 1. The van der Waals surface area contributed by atoms with Gasteiger partial charge in [-0.1, -0.05) is 6.07 Å². The average molecular weight is 318 g/mol. The summed E-state index contributed by atoms with van der Waals surface area (Å²) in [6.07, 6.45) is 3.46. The predicted molar refractivity (Wildman–Crippen MR) is 89.2 cm³/mol. The molecule has 0 spiro atoms. The van der Waals surface area contributed by atoms with E-state index in [1.807, 2.05) is 25.1 Å². The quantitative estimate of drug-likeness (QED) is 0.875. The predicted octanol–water partition coefficient (Wildman–Crippen LogP) is 2.33. The van der Waals surface area contributed by atoms with Gasteiger partial charge in [0.25, 0.3) is 0 Å². The van der Waals surface area contributed by atoms with E-state index in [0.29, 0.717) is 19.6 Å². The SMILES string of the molecule is Cc1ccc(OCCC(=O)N2CCCC[C@@H]2CC(N)=O)cc1C. The highest BCUT2D eigenvalue weighted by atomic mass is 16.5. The zero-order valence-corrected chi connectivity index (χ0v) is 14.0. The molecule has 1 aliphatic heterocycles. The van der Waals surface area contributed by atoms with Crippen molar-refractivity contribution in [3.8, 4) is 5.75 Å². The molecule has 1 heterocycles. The maximum absolute atomic E-state index is 12.4. The second kappa shape index (κ2) is 7.99. The van der Waals surface area contributed by atoms with Crippen molar-refractivity contribution in [2.75, 3.05) is 13.2 Å². The van der Waals surface area contributed by atoms with E-state index in [1.54, 1.807) is 4.90 Å². The highest BCUT2D eigenvalue weighted by molar-refractivity contribution is 5.79. The van der Waals surface area contributed by atoms with E-state index in [2.05, 4.69) is 6.92 Å². The summed E-state index contributed by atoms with van der Waals surface area (Å²) in [7, 11) is 0. The van der Waals surface area contributed by atoms with Crippen LogP contribution in [0, 0.1) is 13.8 Å². The Bertz CT molecular complexity index is 571. The smallest absolute Gasteiger partial charge is 0.226 e. The molecule has 2 rings (SSSR count). The van der Waals surface area contributed by atoms with E-state index in [4.69, 9.17) is 10.5 Å². The molecule has 1 atom stereocenters. The van der Waals surface area contributed by atoms with E-state index in [-0.39, 0.29) is 24.3 Å². The number of likely N-dealkylation sites (tertiary alicyclic amines) is 1. The maximum atomic E-state index is 12.4. The van der Waals surface area contributed by atoms with Gasteiger partial charge in [-0.15, -0.1) is 0 Å². The van der Waals surface area contributed by atoms with Crippen LogP contribution < -0.4 is 10.5 Å². The Morgan fingerprint density at radius 1 is 1.26 bits per heavy atom. The Morgan fingerprint density at radius 3 is 2.74 bits per heavy atom. The van der Waals surface area contributed by atoms with E-state index >= 15 is 0 Å². The second-order valence-electron chi connectivity index (χ2n) is 6.25. The van der Waals surface area contributed by atoms with Gasteiger partial charge in [-0.05, 0) is 56.4 Å². The molecule has 0 saturated carbocycles. The summed E-state index contributed by atoms with van der Waals surface area (Å²) >= 11 is 0. The number of piperidine rings is 1. The third-order valence-corrected chi connectivity index (χ3v) is 4.45. The Kier molecular flexibility index (Phi) is 6.02. The summed E-state index contributed by atoms with van der Waals surface area (Å²) in [4.78, 5) is 25.4. The Hall–Kier alpha value is -2.04. The zero-order valence-electron chi connectivity index (χ0n) is 14.0. The first kappa shape index (κ1) is 17.3. The first-order valence-electron chi connectivity index (χ1n) is 8.25. The zero-order chi connectivity index (χ0) is 16.8. The minimum absolute atomic E-state index is 0.0415. The molecule has 0 aromatic heterocycles. The third kappa shape index (κ3) is 4.98. The highest BCUT2D eigenvalue weighted by Crippen LogP contribution is 2.21. The molecule has 0 unspecified atom stereocenters. The van der Waals surface area contributed by atoms with Gasteiger partial charge in [-0.3, -0.25) is 9.59 Å². The van der Waals surface area contributed by atoms with Crippen molar-refractivity contribution >= 4 is 11.8 Å². The summed E-state index contributed by atoms with van der Waals surface area (Å²) in [5, 5.41) is 0. The minimum atomic E-state index is -0.346. The van der Waals surface area contributed by atoms with Gasteiger partial charge in [0.1, 0.15) is 5.75 Å². The molecule has 1 saturated heterocycles. The van der Waals surface area contributed by atoms with Gasteiger partial charge in [-0.2, -0.15) is 0 Å². The van der Waals surface area contributed by atoms with Gasteiger partial charge in [0.2, 0.25) is 11.8 Å². The molecule has 2 N–H and O–H groups in total. The van der Waals surface area contributed by atoms with Gasteiger partial charge in [-0.25, -0.2) is 0 Å². The van der Waals surface area contributed by atoms with Crippen molar-refractivity contribution in [2.45, 2.75) is 52.0 Å². The number of hydrogen-bond donors (Lipinski definition) is 1. The number of benzene rings is 1. The number of nitrogens with zero attached hydrogens (tertiary/aromatic N) is 1. The Labute approximate surface area is 137 Å². The minimum Gasteiger partial charge on any atom is -0.493 e. The third-order valence-electron chi connectivity index (χ3n) is 4.45. The van der Waals surface area contributed by atoms with Gasteiger partial charge >= 0.3 is 0 Å². The van der Waals surface area contributed by atoms with Crippen molar-refractivity contribution in [1.29, 1.82) is 0 Å². The maximum Gasteiger partial charge on any atom is 0.226 e. The molecule has 1 fully saturated rings. The molecule has 126 valence electrons. The highest BCUT2D eigenvalue weighted by Gasteiger charge is 2.27. The molecule has 1 aliphatic rings. The van der Waals surface area contributed by atoms with Crippen LogP contribution in [-0.4, -0.2) is 35.9 Å². The van der Waals surface area contributed by atoms with Crippen molar-refractivity contribution in [1.82, 2.24) is 4.90 Å². The fourth-order valence-electron chi connectivity index (χ4n) is 2.98. The Balaban J connectivity index is 1.85. The lowest BCUT2D eigenvalue weighted by molar-refractivity contribution is -0.136. The molecule has 2 amide bonds. The van der Waals surface area contributed by atoms with Crippen LogP contribution in [0.15, 0.2) is 18.2 Å². The van der Waals surface area contributed by atoms with Crippen LogP contribution in [-0.2, 0) is 9.59 Å². The Morgan fingerprint density at radius 2 is 2.04 bits per heavy atom. The van der Waals surface area contributed by atoms with Crippen LogP contribution in [0.3, 0.4) is 0 Å². The standard InChI is InChI=1S/C18H26N2O3/c1-13-6-7-16(11-14(13)2)23-10-8-18(22)20-9-4-3-5-15(20)12-17(19)21/h6-7,11,15H,3-5,8-10,12H2,1-2H3,(H2,19,21)/t15-/m1/s1. The summed E-state index contributed by atoms with van der Waals surface area (Å²) in [5.74, 6) is 0.481. The number of hydrogen-bond acceptors (Lipinski definition) is 3. The number of amides is 2. The molecule has 1 aromatic carbocycles. The fourth-order valence-corrected chi connectivity index (χ4v) is 2.98. The van der Waals surface area contributed by atoms with E-state index < -0.39 is 0 Å². The normalized spacial score (nSPS) is 17.8. The molecule has 0 bridgehead atoms. The van der Waals surface area contributed by atoms with Crippen molar-refractivity contribution in [2.24, 2.45) is 5.73 Å². The van der Waals surface area contributed by atoms with Crippen molar-refractivity contribution in [3.05, 3.63) is 29.3 Å². The summed E-state index contributed by atoms with van der Waals surface area (Å²) in [5.41, 5.74) is 7.68. The van der Waals surface area contributed by atoms with Crippen LogP contribution in [0.4, 0.5) is 0 Å². The van der Waals surface area contributed by atoms with Crippen LogP contribution in [0.2, 0.25) is 0 Å². The molecular weight excluding hydrogens is 292 g/mol. The first-order chi connectivity index (χ1) is 11.0. The van der Waals surface area contributed by atoms with E-state index in [0.717, 1.165) is 25.0 Å². The summed E-state index contributed by atoms with van der Waals surface area (Å²) in [6, 6.07) is 5.87. The van der Waals surface area contributed by atoms with Gasteiger partial charge < -0.3 is 15.4 Å². The molecule has 1 aromatic rings. The second-order valence-corrected chi connectivity index (χ2v) is 6.25. The lowest BCUT2D eigenvalue weighted by Crippen LogP contribution is -2.45. The molecule has 5 nitrogen and oxygen atoms in total. The molecular formula is C18H26N2O3. The first-order valence-corrected chi connectivity index (χ1v) is 8.25. The van der Waals surface area contributed by atoms with Crippen molar-refractivity contribution in [3.63, 3.8) is 0 Å². The van der Waals surface area contributed by atoms with Gasteiger partial charge in [0.05, 0.1) is 13.0 Å². The lowest BCUT2D eigenvalue weighted by Gasteiger charge is -2.35. The number of rotatable bonds is 6. The van der Waals surface area contributed by atoms with Crippen LogP contribution in [0.5, 0.6) is 5.75 Å². The van der Waals surface area contributed by atoms with Gasteiger partial charge in [0.15, 0.2) is 0 Å². The van der Waals surface area contributed by atoms with Crippen LogP contribution in [0.25, 0.3) is 0 Å². The molecule has 0 aliphatic carbocycles. The average Bonchev–Trinajstić information content (AvgIpc) is 2.50. The number of carbonyl (C=O) groups excluding carboxylic acids is 2. The van der Waals surface area contributed by atoms with Crippen molar-refractivity contribution < 1.29 is 14.3 Å². The molecule has 5 heteroatoms. The molecule has 0 radical (unpaired) electrons. The summed E-state index contributed by atoms with van der Waals surface area (Å²) in [6.45, 7) is 5.15. The number of nitrogens with two attached hydrogens (primary N) is 1. The monoisotopic (exact) mass is 318 g/mol. The molecule has 23 heavy (non-hydrogen) atoms. The van der Waals surface area contributed by atoms with E-state index in [9.17, 15) is 9.59 Å². The summed E-state index contributed by atoms with van der Waals surface area (Å²) < 4.78 is 5.68.